The van der Waals surface area contributed by atoms with Gasteiger partial charge in [-0.3, -0.25) is 9.59 Å². The molecule has 0 aliphatic heterocycles. The predicted molar refractivity (Wildman–Crippen MR) is 126 cm³/mol. The van der Waals surface area contributed by atoms with Gasteiger partial charge in [0.25, 0.3) is 0 Å². The van der Waals surface area contributed by atoms with Gasteiger partial charge < -0.3 is 10.2 Å². The van der Waals surface area contributed by atoms with Gasteiger partial charge >= 0.3 is 0 Å². The minimum Gasteiger partial charge on any atom is -0.354 e. The van der Waals surface area contributed by atoms with Crippen LogP contribution in [0.15, 0.2) is 59.5 Å². The fourth-order valence-corrected chi connectivity index (χ4v) is 4.03. The minimum absolute atomic E-state index is 0.0140. The molecule has 0 saturated heterocycles. The smallest absolute Gasteiger partial charge is 0.242 e. The van der Waals surface area contributed by atoms with E-state index in [1.165, 1.54) is 0 Å². The summed E-state index contributed by atoms with van der Waals surface area (Å²) in [4.78, 5) is 28.8. The highest BCUT2D eigenvalue weighted by molar-refractivity contribution is 7.99. The van der Waals surface area contributed by atoms with E-state index in [9.17, 15) is 9.59 Å². The van der Waals surface area contributed by atoms with E-state index in [1.807, 2.05) is 61.5 Å². The largest absolute Gasteiger partial charge is 0.354 e. The Hall–Kier alpha value is -1.98. The second kappa shape index (κ2) is 12.7. The number of thioether (sulfide) groups is 1. The maximum atomic E-state index is 13.2. The first kappa shape index (κ1) is 24.3. The van der Waals surface area contributed by atoms with Crippen molar-refractivity contribution >= 4 is 35.2 Å². The Bertz CT molecular complexity index is 797. The average Bonchev–Trinajstić information content (AvgIpc) is 2.74. The van der Waals surface area contributed by atoms with Crippen molar-refractivity contribution in [2.75, 3.05) is 12.3 Å². The van der Waals surface area contributed by atoms with Crippen molar-refractivity contribution in [2.24, 2.45) is 5.92 Å². The van der Waals surface area contributed by atoms with Crippen LogP contribution in [0.2, 0.25) is 5.02 Å². The van der Waals surface area contributed by atoms with Gasteiger partial charge in [0.2, 0.25) is 11.8 Å². The summed E-state index contributed by atoms with van der Waals surface area (Å²) in [6.07, 6.45) is 0.941. The first-order chi connectivity index (χ1) is 14.4. The van der Waals surface area contributed by atoms with E-state index < -0.39 is 6.04 Å². The van der Waals surface area contributed by atoms with Crippen LogP contribution in [0.4, 0.5) is 0 Å². The van der Waals surface area contributed by atoms with E-state index in [-0.39, 0.29) is 11.8 Å². The summed E-state index contributed by atoms with van der Waals surface area (Å²) in [5.41, 5.74) is 0.957. The lowest BCUT2D eigenvalue weighted by atomic mass is 10.1. The van der Waals surface area contributed by atoms with E-state index in [2.05, 4.69) is 19.2 Å². The topological polar surface area (TPSA) is 49.4 Å². The second-order valence-electron chi connectivity index (χ2n) is 7.62. The highest BCUT2D eigenvalue weighted by Gasteiger charge is 2.28. The van der Waals surface area contributed by atoms with Gasteiger partial charge in [0.05, 0.1) is 0 Å². The summed E-state index contributed by atoms with van der Waals surface area (Å²) in [5, 5.41) is 3.64. The molecule has 0 radical (unpaired) electrons. The zero-order chi connectivity index (χ0) is 21.9. The van der Waals surface area contributed by atoms with E-state index >= 15 is 0 Å². The zero-order valence-corrected chi connectivity index (χ0v) is 19.5. The van der Waals surface area contributed by atoms with Crippen molar-refractivity contribution in [3.63, 3.8) is 0 Å². The lowest BCUT2D eigenvalue weighted by molar-refractivity contribution is -0.141. The molecular weight excluding hydrogens is 416 g/mol. The number of benzene rings is 2. The number of carbonyl (C=O) groups is 2. The molecule has 2 rings (SSSR count). The molecule has 2 amide bonds. The Labute approximate surface area is 189 Å². The van der Waals surface area contributed by atoms with Gasteiger partial charge in [-0.2, -0.15) is 0 Å². The van der Waals surface area contributed by atoms with Crippen molar-refractivity contribution < 1.29 is 9.59 Å². The van der Waals surface area contributed by atoms with Crippen LogP contribution in [0.25, 0.3) is 0 Å². The molecule has 0 saturated carbocycles. The summed E-state index contributed by atoms with van der Waals surface area (Å²) >= 11 is 7.65. The lowest BCUT2D eigenvalue weighted by Crippen LogP contribution is -2.49. The molecular formula is C24H31ClN2O2S. The molecule has 0 fully saturated rings. The molecule has 6 heteroatoms. The molecule has 0 aliphatic carbocycles. The first-order valence-corrected chi connectivity index (χ1v) is 11.8. The van der Waals surface area contributed by atoms with E-state index in [4.69, 9.17) is 11.6 Å². The molecule has 0 aliphatic rings. The number of nitrogens with one attached hydrogen (secondary N) is 1. The molecule has 0 aromatic heterocycles. The van der Waals surface area contributed by atoms with Gasteiger partial charge in [-0.25, -0.2) is 0 Å². The third-order valence-electron chi connectivity index (χ3n) is 4.66. The van der Waals surface area contributed by atoms with Crippen LogP contribution in [-0.4, -0.2) is 35.1 Å². The Morgan fingerprint density at radius 3 is 2.33 bits per heavy atom. The number of hydrogen-bond donors (Lipinski definition) is 1. The zero-order valence-electron chi connectivity index (χ0n) is 17.9. The summed E-state index contributed by atoms with van der Waals surface area (Å²) in [7, 11) is 0. The number of halogens is 1. The van der Waals surface area contributed by atoms with Crippen LogP contribution in [-0.2, 0) is 16.1 Å². The molecule has 4 nitrogen and oxygen atoms in total. The lowest BCUT2D eigenvalue weighted by Gasteiger charge is -2.31. The van der Waals surface area contributed by atoms with E-state index in [0.717, 1.165) is 10.5 Å². The second-order valence-corrected chi connectivity index (χ2v) is 9.23. The predicted octanol–water partition coefficient (Wildman–Crippen LogP) is 5.40. The van der Waals surface area contributed by atoms with Gasteiger partial charge in [-0.1, -0.05) is 62.7 Å². The molecule has 2 aromatic carbocycles. The molecule has 1 atom stereocenters. The maximum absolute atomic E-state index is 13.2. The Balaban J connectivity index is 2.10. The van der Waals surface area contributed by atoms with Crippen molar-refractivity contribution in [3.8, 4) is 0 Å². The number of nitrogens with zero attached hydrogens (tertiary/aromatic N) is 1. The normalized spacial score (nSPS) is 11.9. The summed E-state index contributed by atoms with van der Waals surface area (Å²) < 4.78 is 0. The molecule has 0 unspecified atom stereocenters. The molecule has 0 bridgehead atoms. The third-order valence-corrected chi connectivity index (χ3v) is 5.93. The van der Waals surface area contributed by atoms with Crippen molar-refractivity contribution in [2.45, 2.75) is 51.1 Å². The molecule has 2 aromatic rings. The Kier molecular flexibility index (Phi) is 10.2. The quantitative estimate of drug-likeness (QED) is 0.470. The number of amides is 2. The highest BCUT2D eigenvalue weighted by Crippen LogP contribution is 2.20. The van der Waals surface area contributed by atoms with Crippen molar-refractivity contribution in [3.05, 3.63) is 65.2 Å². The van der Waals surface area contributed by atoms with Gasteiger partial charge in [0, 0.05) is 35.2 Å². The molecule has 30 heavy (non-hydrogen) atoms. The van der Waals surface area contributed by atoms with Gasteiger partial charge in [0.1, 0.15) is 6.04 Å². The van der Waals surface area contributed by atoms with Crippen LogP contribution in [0.1, 0.15) is 39.2 Å². The average molecular weight is 447 g/mol. The molecule has 0 heterocycles. The van der Waals surface area contributed by atoms with Gasteiger partial charge in [0.15, 0.2) is 0 Å². The highest BCUT2D eigenvalue weighted by atomic mass is 35.5. The number of carbonyl (C=O) groups excluding carboxylic acids is 2. The van der Waals surface area contributed by atoms with E-state index in [0.29, 0.717) is 42.6 Å². The SMILES string of the molecule is CC[C@H](C(=O)NCC(C)C)N(Cc1ccc(Cl)cc1)C(=O)CCSc1ccccc1. The summed E-state index contributed by atoms with van der Waals surface area (Å²) in [5.74, 6) is 0.919. The number of hydrogen-bond acceptors (Lipinski definition) is 3. The molecule has 1 N–H and O–H groups in total. The van der Waals surface area contributed by atoms with Crippen LogP contribution in [0.3, 0.4) is 0 Å². The number of rotatable bonds is 11. The van der Waals surface area contributed by atoms with Crippen LogP contribution >= 0.6 is 23.4 Å². The minimum atomic E-state index is -0.492. The molecule has 162 valence electrons. The Morgan fingerprint density at radius 1 is 1.07 bits per heavy atom. The van der Waals surface area contributed by atoms with Gasteiger partial charge in [-0.05, 0) is 42.2 Å². The monoisotopic (exact) mass is 446 g/mol. The van der Waals surface area contributed by atoms with E-state index in [1.54, 1.807) is 16.7 Å². The summed E-state index contributed by atoms with van der Waals surface area (Å²) in [6, 6.07) is 17.0. The van der Waals surface area contributed by atoms with Crippen molar-refractivity contribution in [1.29, 1.82) is 0 Å². The van der Waals surface area contributed by atoms with Crippen LogP contribution in [0, 0.1) is 5.92 Å². The summed E-state index contributed by atoms with van der Waals surface area (Å²) in [6.45, 7) is 7.04. The third kappa shape index (κ3) is 8.04. The molecule has 0 spiro atoms. The van der Waals surface area contributed by atoms with Gasteiger partial charge in [-0.15, -0.1) is 11.8 Å². The van der Waals surface area contributed by atoms with Crippen LogP contribution in [0.5, 0.6) is 0 Å². The standard InChI is InChI=1S/C24H31ClN2O2S/c1-4-22(24(29)26-16-18(2)3)27(17-19-10-12-20(25)13-11-19)23(28)14-15-30-21-8-6-5-7-9-21/h5-13,18,22H,4,14-17H2,1-3H3,(H,26,29)/t22-/m1/s1. The fourth-order valence-electron chi connectivity index (χ4n) is 3.05. The Morgan fingerprint density at radius 2 is 1.73 bits per heavy atom. The maximum Gasteiger partial charge on any atom is 0.242 e. The van der Waals surface area contributed by atoms with Crippen molar-refractivity contribution in [1.82, 2.24) is 10.2 Å². The van der Waals surface area contributed by atoms with Crippen LogP contribution < -0.4 is 5.32 Å². The fraction of sp³-hybridized carbons (Fsp3) is 0.417. The first-order valence-electron chi connectivity index (χ1n) is 10.4.